The maximum atomic E-state index is 9.78. The van der Waals surface area contributed by atoms with Crippen LogP contribution in [0, 0.1) is 0 Å². The molecule has 0 aliphatic heterocycles. The van der Waals surface area contributed by atoms with Crippen molar-refractivity contribution < 1.29 is 4.79 Å². The second kappa shape index (κ2) is 4.74. The van der Waals surface area contributed by atoms with Crippen LogP contribution in [0.4, 0.5) is 0 Å². The monoisotopic (exact) mass is 116 g/mol. The number of aldehydes is 1. The fraction of sp³-hybridized carbons (Fsp3) is 0.800. The van der Waals surface area contributed by atoms with Crippen molar-refractivity contribution in [1.82, 2.24) is 5.32 Å². The van der Waals surface area contributed by atoms with E-state index in [1.54, 1.807) is 0 Å². The third-order valence-electron chi connectivity index (χ3n) is 0.865. The average molecular weight is 116 g/mol. The SMILES string of the molecule is CNCC(N)CC=O. The van der Waals surface area contributed by atoms with Crippen molar-refractivity contribution in [1.29, 1.82) is 0 Å². The highest BCUT2D eigenvalue weighted by molar-refractivity contribution is 5.50. The van der Waals surface area contributed by atoms with Crippen molar-refractivity contribution in [2.24, 2.45) is 5.73 Å². The summed E-state index contributed by atoms with van der Waals surface area (Å²) in [4.78, 5) is 9.78. The molecule has 0 aliphatic carbocycles. The molecule has 0 aromatic heterocycles. The van der Waals surface area contributed by atoms with E-state index in [0.29, 0.717) is 13.0 Å². The Labute approximate surface area is 49.3 Å². The molecule has 3 nitrogen and oxygen atoms in total. The standard InChI is InChI=1S/C5H12N2O/c1-7-4-5(6)2-3-8/h3,5,7H,2,4,6H2,1H3. The number of nitrogens with one attached hydrogen (secondary N) is 1. The zero-order valence-corrected chi connectivity index (χ0v) is 5.05. The number of carbonyl (C=O) groups excluding carboxylic acids is 1. The van der Waals surface area contributed by atoms with Crippen LogP contribution in [0.15, 0.2) is 0 Å². The summed E-state index contributed by atoms with van der Waals surface area (Å²) in [7, 11) is 1.81. The van der Waals surface area contributed by atoms with Crippen LogP contribution in [0.5, 0.6) is 0 Å². The highest BCUT2D eigenvalue weighted by Crippen LogP contribution is 1.77. The van der Waals surface area contributed by atoms with Crippen molar-refractivity contribution in [3.8, 4) is 0 Å². The maximum Gasteiger partial charge on any atom is 0.121 e. The lowest BCUT2D eigenvalue weighted by Gasteiger charge is -2.03. The van der Waals surface area contributed by atoms with Crippen LogP contribution in [0.1, 0.15) is 6.42 Å². The Kier molecular flexibility index (Phi) is 4.50. The Bertz CT molecular complexity index is 65.4. The number of hydrogen-bond acceptors (Lipinski definition) is 3. The molecule has 1 atom stereocenters. The Morgan fingerprint density at radius 1 is 1.88 bits per heavy atom. The predicted octanol–water partition coefficient (Wildman–Crippen LogP) is -0.878. The van der Waals surface area contributed by atoms with Gasteiger partial charge in [0.1, 0.15) is 6.29 Å². The van der Waals surface area contributed by atoms with E-state index in [2.05, 4.69) is 5.32 Å². The Morgan fingerprint density at radius 2 is 2.50 bits per heavy atom. The van der Waals surface area contributed by atoms with Gasteiger partial charge in [-0.1, -0.05) is 0 Å². The Morgan fingerprint density at radius 3 is 2.88 bits per heavy atom. The molecule has 0 aromatic carbocycles. The lowest BCUT2D eigenvalue weighted by molar-refractivity contribution is -0.108. The lowest BCUT2D eigenvalue weighted by atomic mass is 10.2. The molecule has 0 saturated heterocycles. The molecule has 3 N–H and O–H groups in total. The van der Waals surface area contributed by atoms with E-state index >= 15 is 0 Å². The fourth-order valence-corrected chi connectivity index (χ4v) is 0.469. The van der Waals surface area contributed by atoms with Crippen LogP contribution >= 0.6 is 0 Å². The highest BCUT2D eigenvalue weighted by Gasteiger charge is 1.96. The van der Waals surface area contributed by atoms with Crippen LogP contribution in [-0.4, -0.2) is 25.9 Å². The maximum absolute atomic E-state index is 9.78. The minimum Gasteiger partial charge on any atom is -0.326 e. The molecule has 0 bridgehead atoms. The first kappa shape index (κ1) is 7.59. The van der Waals surface area contributed by atoms with Crippen molar-refractivity contribution in [2.45, 2.75) is 12.5 Å². The molecule has 3 heteroatoms. The second-order valence-corrected chi connectivity index (χ2v) is 1.72. The second-order valence-electron chi connectivity index (χ2n) is 1.72. The third kappa shape index (κ3) is 3.77. The largest absolute Gasteiger partial charge is 0.326 e. The first-order valence-electron chi connectivity index (χ1n) is 2.65. The van der Waals surface area contributed by atoms with Gasteiger partial charge in [-0.2, -0.15) is 0 Å². The fourth-order valence-electron chi connectivity index (χ4n) is 0.469. The van der Waals surface area contributed by atoms with Gasteiger partial charge in [-0.05, 0) is 7.05 Å². The molecule has 0 fully saturated rings. The van der Waals surface area contributed by atoms with Crippen LogP contribution in [0.3, 0.4) is 0 Å². The van der Waals surface area contributed by atoms with Gasteiger partial charge in [0, 0.05) is 19.0 Å². The molecular formula is C5H12N2O. The molecule has 1 unspecified atom stereocenters. The smallest absolute Gasteiger partial charge is 0.121 e. The van der Waals surface area contributed by atoms with E-state index in [-0.39, 0.29) is 6.04 Å². The van der Waals surface area contributed by atoms with Gasteiger partial charge in [0.2, 0.25) is 0 Å². The summed E-state index contributed by atoms with van der Waals surface area (Å²) in [6.45, 7) is 0.707. The van der Waals surface area contributed by atoms with E-state index < -0.39 is 0 Å². The molecule has 0 spiro atoms. The number of nitrogens with two attached hydrogens (primary N) is 1. The molecule has 0 aliphatic rings. The van der Waals surface area contributed by atoms with Gasteiger partial charge in [0.05, 0.1) is 0 Å². The normalized spacial score (nSPS) is 13.2. The summed E-state index contributed by atoms with van der Waals surface area (Å²) >= 11 is 0. The topological polar surface area (TPSA) is 55.1 Å². The summed E-state index contributed by atoms with van der Waals surface area (Å²) in [5.74, 6) is 0. The van der Waals surface area contributed by atoms with E-state index in [9.17, 15) is 4.79 Å². The number of likely N-dealkylation sites (N-methyl/N-ethyl adjacent to an activating group) is 1. The quantitative estimate of drug-likeness (QED) is 0.469. The molecule has 0 rings (SSSR count). The van der Waals surface area contributed by atoms with Gasteiger partial charge in [-0.3, -0.25) is 0 Å². The summed E-state index contributed by atoms with van der Waals surface area (Å²) in [5, 5.41) is 2.87. The molecule has 0 saturated carbocycles. The molecule has 8 heavy (non-hydrogen) atoms. The summed E-state index contributed by atoms with van der Waals surface area (Å²) in [6, 6.07) is -0.0162. The first-order chi connectivity index (χ1) is 3.81. The zero-order chi connectivity index (χ0) is 6.41. The molecule has 0 amide bonds. The molecule has 48 valence electrons. The van der Waals surface area contributed by atoms with Crippen molar-refractivity contribution in [3.63, 3.8) is 0 Å². The van der Waals surface area contributed by atoms with Gasteiger partial charge in [0.15, 0.2) is 0 Å². The molecular weight excluding hydrogens is 104 g/mol. The predicted molar refractivity (Wildman–Crippen MR) is 32.6 cm³/mol. The van der Waals surface area contributed by atoms with Gasteiger partial charge >= 0.3 is 0 Å². The summed E-state index contributed by atoms with van der Waals surface area (Å²) in [5.41, 5.74) is 5.40. The minimum atomic E-state index is -0.0162. The Balaban J connectivity index is 3.03. The van der Waals surface area contributed by atoms with Crippen LogP contribution in [-0.2, 0) is 4.79 Å². The highest BCUT2D eigenvalue weighted by atomic mass is 16.1. The third-order valence-corrected chi connectivity index (χ3v) is 0.865. The van der Waals surface area contributed by atoms with Gasteiger partial charge < -0.3 is 15.8 Å². The van der Waals surface area contributed by atoms with Crippen molar-refractivity contribution >= 4 is 6.29 Å². The van der Waals surface area contributed by atoms with Gasteiger partial charge in [-0.15, -0.1) is 0 Å². The molecule has 0 aromatic rings. The van der Waals surface area contributed by atoms with Crippen LogP contribution < -0.4 is 11.1 Å². The minimum absolute atomic E-state index is 0.0162. The van der Waals surface area contributed by atoms with E-state index in [1.807, 2.05) is 7.05 Å². The van der Waals surface area contributed by atoms with Gasteiger partial charge in [-0.25, -0.2) is 0 Å². The molecule has 0 radical (unpaired) electrons. The summed E-state index contributed by atoms with van der Waals surface area (Å²) < 4.78 is 0. The van der Waals surface area contributed by atoms with Crippen LogP contribution in [0.25, 0.3) is 0 Å². The first-order valence-corrected chi connectivity index (χ1v) is 2.65. The van der Waals surface area contributed by atoms with Crippen molar-refractivity contribution in [3.05, 3.63) is 0 Å². The summed E-state index contributed by atoms with van der Waals surface area (Å²) in [6.07, 6.45) is 1.28. The van der Waals surface area contributed by atoms with Gasteiger partial charge in [0.25, 0.3) is 0 Å². The number of rotatable bonds is 4. The van der Waals surface area contributed by atoms with E-state index in [0.717, 1.165) is 6.29 Å². The van der Waals surface area contributed by atoms with Crippen molar-refractivity contribution in [2.75, 3.05) is 13.6 Å². The average Bonchev–Trinajstić information content (AvgIpc) is 1.68. The Hall–Kier alpha value is -0.410. The van der Waals surface area contributed by atoms with E-state index in [4.69, 9.17) is 5.73 Å². The number of carbonyl (C=O) groups is 1. The van der Waals surface area contributed by atoms with Crippen LogP contribution in [0.2, 0.25) is 0 Å². The zero-order valence-electron chi connectivity index (χ0n) is 5.05. The number of hydrogen-bond donors (Lipinski definition) is 2. The lowest BCUT2D eigenvalue weighted by Crippen LogP contribution is -2.31. The molecule has 0 heterocycles. The van der Waals surface area contributed by atoms with E-state index in [1.165, 1.54) is 0 Å².